The fraction of sp³-hybridized carbons (Fsp3) is 0.167. The molecular formula is C12H14N2O2. The van der Waals surface area contributed by atoms with Crippen LogP contribution >= 0.6 is 0 Å². The molecule has 1 rings (SSSR count). The largest absolute Gasteiger partial charge is 0.351 e. The number of nitrogens with two attached hydrogens (primary N) is 1. The van der Waals surface area contributed by atoms with Crippen molar-refractivity contribution in [3.05, 3.63) is 48.6 Å². The molecule has 0 fully saturated rings. The fourth-order valence-corrected chi connectivity index (χ4v) is 1.46. The Balaban J connectivity index is 2.86. The molecule has 1 atom stereocenters. The SMILES string of the molecule is C=CC[C@@H](C(=O)NC(N)=O)c1ccccc1. The minimum Gasteiger partial charge on any atom is -0.351 e. The maximum absolute atomic E-state index is 11.7. The molecule has 0 radical (unpaired) electrons. The summed E-state index contributed by atoms with van der Waals surface area (Å²) < 4.78 is 0. The lowest BCUT2D eigenvalue weighted by Crippen LogP contribution is -2.38. The van der Waals surface area contributed by atoms with Gasteiger partial charge in [0.1, 0.15) is 0 Å². The van der Waals surface area contributed by atoms with E-state index >= 15 is 0 Å². The van der Waals surface area contributed by atoms with Crippen molar-refractivity contribution in [1.29, 1.82) is 0 Å². The lowest BCUT2D eigenvalue weighted by atomic mass is 9.95. The van der Waals surface area contributed by atoms with Gasteiger partial charge in [0.15, 0.2) is 0 Å². The molecule has 0 spiro atoms. The number of urea groups is 1. The third-order valence-electron chi connectivity index (χ3n) is 2.17. The van der Waals surface area contributed by atoms with E-state index in [4.69, 9.17) is 5.73 Å². The summed E-state index contributed by atoms with van der Waals surface area (Å²) >= 11 is 0. The molecule has 0 saturated heterocycles. The van der Waals surface area contributed by atoms with Gasteiger partial charge in [0, 0.05) is 0 Å². The highest BCUT2D eigenvalue weighted by atomic mass is 16.2. The first-order valence-corrected chi connectivity index (χ1v) is 4.91. The summed E-state index contributed by atoms with van der Waals surface area (Å²) in [6.45, 7) is 3.59. The summed E-state index contributed by atoms with van der Waals surface area (Å²) in [5.74, 6) is -0.829. The molecule has 84 valence electrons. The lowest BCUT2D eigenvalue weighted by molar-refractivity contribution is -0.121. The average Bonchev–Trinajstić information content (AvgIpc) is 2.26. The Bertz CT molecular complexity index is 387. The first-order chi connectivity index (χ1) is 7.65. The van der Waals surface area contributed by atoms with Gasteiger partial charge in [0.25, 0.3) is 0 Å². The molecule has 3 N–H and O–H groups in total. The van der Waals surface area contributed by atoms with Gasteiger partial charge in [-0.05, 0) is 12.0 Å². The molecule has 1 aromatic rings. The Morgan fingerprint density at radius 3 is 2.50 bits per heavy atom. The zero-order chi connectivity index (χ0) is 12.0. The van der Waals surface area contributed by atoms with E-state index in [0.29, 0.717) is 6.42 Å². The maximum Gasteiger partial charge on any atom is 0.318 e. The van der Waals surface area contributed by atoms with Crippen molar-refractivity contribution in [1.82, 2.24) is 5.32 Å². The summed E-state index contributed by atoms with van der Waals surface area (Å²) in [4.78, 5) is 22.3. The predicted molar refractivity (Wildman–Crippen MR) is 61.7 cm³/mol. The van der Waals surface area contributed by atoms with Gasteiger partial charge in [-0.25, -0.2) is 4.79 Å². The Kier molecular flexibility index (Phi) is 4.27. The van der Waals surface area contributed by atoms with Gasteiger partial charge < -0.3 is 5.73 Å². The first-order valence-electron chi connectivity index (χ1n) is 4.91. The Hall–Kier alpha value is -2.10. The van der Waals surface area contributed by atoms with Crippen LogP contribution in [-0.2, 0) is 4.79 Å². The van der Waals surface area contributed by atoms with Crippen LogP contribution in [0.25, 0.3) is 0 Å². The van der Waals surface area contributed by atoms with Crippen molar-refractivity contribution in [2.24, 2.45) is 5.73 Å². The Morgan fingerprint density at radius 1 is 1.38 bits per heavy atom. The molecule has 0 bridgehead atoms. The third kappa shape index (κ3) is 3.24. The van der Waals surface area contributed by atoms with Crippen LogP contribution in [0.1, 0.15) is 17.9 Å². The number of carbonyl (C=O) groups is 2. The van der Waals surface area contributed by atoms with Crippen LogP contribution in [0.2, 0.25) is 0 Å². The molecule has 0 saturated carbocycles. The molecular weight excluding hydrogens is 204 g/mol. The van der Waals surface area contributed by atoms with Crippen LogP contribution in [0.3, 0.4) is 0 Å². The van der Waals surface area contributed by atoms with Gasteiger partial charge in [-0.2, -0.15) is 0 Å². The summed E-state index contributed by atoms with van der Waals surface area (Å²) in [7, 11) is 0. The number of primary amides is 1. The van der Waals surface area contributed by atoms with Crippen LogP contribution < -0.4 is 11.1 Å². The Labute approximate surface area is 94.1 Å². The van der Waals surface area contributed by atoms with Crippen molar-refractivity contribution in [2.75, 3.05) is 0 Å². The predicted octanol–water partition coefficient (Wildman–Crippen LogP) is 1.54. The number of amides is 3. The van der Waals surface area contributed by atoms with E-state index < -0.39 is 17.9 Å². The lowest BCUT2D eigenvalue weighted by Gasteiger charge is -2.13. The molecule has 0 aliphatic heterocycles. The molecule has 1 aromatic carbocycles. The van der Waals surface area contributed by atoms with Crippen molar-refractivity contribution >= 4 is 11.9 Å². The van der Waals surface area contributed by atoms with E-state index in [0.717, 1.165) is 5.56 Å². The van der Waals surface area contributed by atoms with Gasteiger partial charge in [0.2, 0.25) is 5.91 Å². The smallest absolute Gasteiger partial charge is 0.318 e. The number of benzene rings is 1. The topological polar surface area (TPSA) is 72.2 Å². The van der Waals surface area contributed by atoms with E-state index in [1.165, 1.54) is 0 Å². The van der Waals surface area contributed by atoms with Crippen molar-refractivity contribution in [3.63, 3.8) is 0 Å². The molecule has 4 nitrogen and oxygen atoms in total. The maximum atomic E-state index is 11.7. The summed E-state index contributed by atoms with van der Waals surface area (Å²) in [5.41, 5.74) is 5.74. The standard InChI is InChI=1S/C12H14N2O2/c1-2-6-10(11(15)14-12(13)16)9-7-4-3-5-8-9/h2-5,7-8,10H,1,6H2,(H3,13,14,15,16)/t10-/m1/s1. The highest BCUT2D eigenvalue weighted by Gasteiger charge is 2.19. The summed E-state index contributed by atoms with van der Waals surface area (Å²) in [6.07, 6.45) is 2.10. The van der Waals surface area contributed by atoms with Crippen LogP contribution in [0.4, 0.5) is 4.79 Å². The minimum absolute atomic E-state index is 0.404. The first kappa shape index (κ1) is 12.0. The third-order valence-corrected chi connectivity index (χ3v) is 2.17. The second-order valence-corrected chi connectivity index (χ2v) is 3.34. The second kappa shape index (κ2) is 5.70. The molecule has 0 aliphatic rings. The van der Waals surface area contributed by atoms with E-state index in [2.05, 4.69) is 11.9 Å². The van der Waals surface area contributed by atoms with Gasteiger partial charge in [-0.1, -0.05) is 36.4 Å². The average molecular weight is 218 g/mol. The van der Waals surface area contributed by atoms with Crippen molar-refractivity contribution in [2.45, 2.75) is 12.3 Å². The molecule has 0 unspecified atom stereocenters. The van der Waals surface area contributed by atoms with Gasteiger partial charge in [-0.15, -0.1) is 6.58 Å². The zero-order valence-electron chi connectivity index (χ0n) is 8.85. The van der Waals surface area contributed by atoms with Crippen LogP contribution in [0.15, 0.2) is 43.0 Å². The number of imide groups is 1. The van der Waals surface area contributed by atoms with Gasteiger partial charge >= 0.3 is 6.03 Å². The van der Waals surface area contributed by atoms with Crippen LogP contribution in [0.5, 0.6) is 0 Å². The summed E-state index contributed by atoms with van der Waals surface area (Å²) in [5, 5.41) is 2.08. The van der Waals surface area contributed by atoms with E-state index in [-0.39, 0.29) is 0 Å². The van der Waals surface area contributed by atoms with Gasteiger partial charge in [-0.3, -0.25) is 10.1 Å². The zero-order valence-corrected chi connectivity index (χ0v) is 8.85. The van der Waals surface area contributed by atoms with Crippen molar-refractivity contribution < 1.29 is 9.59 Å². The molecule has 0 aliphatic carbocycles. The molecule has 4 heteroatoms. The highest BCUT2D eigenvalue weighted by Crippen LogP contribution is 2.19. The quantitative estimate of drug-likeness (QED) is 0.752. The molecule has 16 heavy (non-hydrogen) atoms. The fourth-order valence-electron chi connectivity index (χ4n) is 1.46. The molecule has 0 aromatic heterocycles. The van der Waals surface area contributed by atoms with E-state index in [1.54, 1.807) is 6.08 Å². The number of hydrogen-bond acceptors (Lipinski definition) is 2. The number of rotatable bonds is 4. The monoisotopic (exact) mass is 218 g/mol. The highest BCUT2D eigenvalue weighted by molar-refractivity contribution is 5.97. The Morgan fingerprint density at radius 2 is 2.00 bits per heavy atom. The number of allylic oxidation sites excluding steroid dienone is 1. The van der Waals surface area contributed by atoms with Crippen LogP contribution in [0, 0.1) is 0 Å². The minimum atomic E-state index is -0.838. The summed E-state index contributed by atoms with van der Waals surface area (Å²) in [6, 6.07) is 8.35. The van der Waals surface area contributed by atoms with E-state index in [9.17, 15) is 9.59 Å². The molecule has 0 heterocycles. The van der Waals surface area contributed by atoms with Crippen LogP contribution in [-0.4, -0.2) is 11.9 Å². The second-order valence-electron chi connectivity index (χ2n) is 3.34. The molecule has 3 amide bonds. The van der Waals surface area contributed by atoms with E-state index in [1.807, 2.05) is 30.3 Å². The normalized spacial score (nSPS) is 11.5. The van der Waals surface area contributed by atoms with Crippen molar-refractivity contribution in [3.8, 4) is 0 Å². The number of nitrogens with one attached hydrogen (secondary N) is 1. The number of hydrogen-bond donors (Lipinski definition) is 2. The number of carbonyl (C=O) groups excluding carboxylic acids is 2. The van der Waals surface area contributed by atoms with Gasteiger partial charge in [0.05, 0.1) is 5.92 Å².